The van der Waals surface area contributed by atoms with Gasteiger partial charge in [-0.2, -0.15) is 0 Å². The number of ether oxygens (including phenoxy) is 1. The minimum Gasteiger partial charge on any atom is -0.376 e. The summed E-state index contributed by atoms with van der Waals surface area (Å²) >= 11 is 7.81. The molecule has 1 amide bonds. The Labute approximate surface area is 150 Å². The minimum absolute atomic E-state index is 0.123. The highest BCUT2D eigenvalue weighted by atomic mass is 35.5. The van der Waals surface area contributed by atoms with Gasteiger partial charge in [0.1, 0.15) is 5.52 Å². The second kappa shape index (κ2) is 6.98. The lowest BCUT2D eigenvalue weighted by Gasteiger charge is -2.25. The number of benzene rings is 1. The zero-order chi connectivity index (χ0) is 16.5. The molecule has 1 unspecified atom stereocenters. The van der Waals surface area contributed by atoms with Crippen LogP contribution < -0.4 is 4.90 Å². The number of carbonyl (C=O) groups is 1. The van der Waals surface area contributed by atoms with Crippen LogP contribution in [-0.4, -0.2) is 30.1 Å². The van der Waals surface area contributed by atoms with Gasteiger partial charge in [0.2, 0.25) is 5.91 Å². The van der Waals surface area contributed by atoms with Crippen LogP contribution in [0, 0.1) is 5.92 Å². The SMILES string of the molecule is O=C(C1CCCC1)N(CC1CCCO1)c1nc2c(Cl)cccc2s1. The van der Waals surface area contributed by atoms with Gasteiger partial charge < -0.3 is 4.74 Å². The number of aromatic nitrogens is 1. The standard InChI is InChI=1S/C18H21ClN2O2S/c19-14-8-3-9-15-16(14)20-18(24-15)21(11-13-7-4-10-23-13)17(22)12-5-1-2-6-12/h3,8-9,12-13H,1-2,4-7,10-11H2. The van der Waals surface area contributed by atoms with E-state index in [0.29, 0.717) is 11.6 Å². The molecule has 6 heteroatoms. The Hall–Kier alpha value is -1.17. The fraction of sp³-hybridized carbons (Fsp3) is 0.556. The first-order valence-corrected chi connectivity index (χ1v) is 9.90. The van der Waals surface area contributed by atoms with E-state index in [9.17, 15) is 4.79 Å². The Kier molecular flexibility index (Phi) is 4.74. The lowest BCUT2D eigenvalue weighted by Crippen LogP contribution is -2.40. The summed E-state index contributed by atoms with van der Waals surface area (Å²) in [7, 11) is 0. The van der Waals surface area contributed by atoms with Crippen molar-refractivity contribution >= 4 is 44.2 Å². The van der Waals surface area contributed by atoms with E-state index in [2.05, 4.69) is 4.98 Å². The summed E-state index contributed by atoms with van der Waals surface area (Å²) < 4.78 is 6.79. The summed E-state index contributed by atoms with van der Waals surface area (Å²) in [5.74, 6) is 0.340. The van der Waals surface area contributed by atoms with Gasteiger partial charge in [-0.15, -0.1) is 0 Å². The smallest absolute Gasteiger partial charge is 0.231 e. The highest BCUT2D eigenvalue weighted by Gasteiger charge is 2.32. The van der Waals surface area contributed by atoms with Gasteiger partial charge in [0.05, 0.1) is 22.4 Å². The monoisotopic (exact) mass is 364 g/mol. The van der Waals surface area contributed by atoms with Crippen LogP contribution in [0.1, 0.15) is 38.5 Å². The van der Waals surface area contributed by atoms with Gasteiger partial charge in [0.25, 0.3) is 0 Å². The molecule has 0 spiro atoms. The molecule has 2 aliphatic rings. The molecule has 1 atom stereocenters. The Morgan fingerprint density at radius 3 is 2.83 bits per heavy atom. The van der Waals surface area contributed by atoms with Crippen LogP contribution in [0.3, 0.4) is 0 Å². The van der Waals surface area contributed by atoms with E-state index in [0.717, 1.165) is 60.5 Å². The molecule has 2 aromatic rings. The highest BCUT2D eigenvalue weighted by molar-refractivity contribution is 7.22. The number of anilines is 1. The van der Waals surface area contributed by atoms with Crippen molar-refractivity contribution in [1.82, 2.24) is 4.98 Å². The van der Waals surface area contributed by atoms with Gasteiger partial charge in [-0.3, -0.25) is 9.69 Å². The average molecular weight is 365 g/mol. The number of halogens is 1. The number of fused-ring (bicyclic) bond motifs is 1. The third-order valence-electron chi connectivity index (χ3n) is 4.97. The molecule has 1 saturated carbocycles. The lowest BCUT2D eigenvalue weighted by atomic mass is 10.1. The van der Waals surface area contributed by atoms with Gasteiger partial charge in [-0.05, 0) is 37.8 Å². The van der Waals surface area contributed by atoms with Crippen LogP contribution in [0.25, 0.3) is 10.2 Å². The predicted molar refractivity (Wildman–Crippen MR) is 97.9 cm³/mol. The van der Waals surface area contributed by atoms with E-state index in [1.54, 1.807) is 11.3 Å². The van der Waals surface area contributed by atoms with Crippen molar-refractivity contribution in [1.29, 1.82) is 0 Å². The zero-order valence-corrected chi connectivity index (χ0v) is 15.1. The molecule has 0 radical (unpaired) electrons. The Balaban J connectivity index is 1.66. The van der Waals surface area contributed by atoms with E-state index in [1.807, 2.05) is 23.1 Å². The molecule has 0 bridgehead atoms. The van der Waals surface area contributed by atoms with Crippen LogP contribution in [0.5, 0.6) is 0 Å². The van der Waals surface area contributed by atoms with Crippen molar-refractivity contribution in [3.63, 3.8) is 0 Å². The Morgan fingerprint density at radius 1 is 1.29 bits per heavy atom. The second-order valence-corrected chi connectivity index (χ2v) is 8.06. The van der Waals surface area contributed by atoms with Crippen LogP contribution >= 0.6 is 22.9 Å². The van der Waals surface area contributed by atoms with Crippen molar-refractivity contribution in [3.8, 4) is 0 Å². The van der Waals surface area contributed by atoms with Gasteiger partial charge in [-0.1, -0.05) is 41.8 Å². The normalized spacial score (nSPS) is 21.6. The van der Waals surface area contributed by atoms with Gasteiger partial charge >= 0.3 is 0 Å². The fourth-order valence-corrected chi connectivity index (χ4v) is 4.95. The third kappa shape index (κ3) is 3.17. The summed E-state index contributed by atoms with van der Waals surface area (Å²) in [4.78, 5) is 19.7. The van der Waals surface area contributed by atoms with Crippen molar-refractivity contribution in [2.75, 3.05) is 18.1 Å². The number of nitrogens with zero attached hydrogens (tertiary/aromatic N) is 2. The molecule has 1 aliphatic heterocycles. The first-order valence-electron chi connectivity index (χ1n) is 8.70. The molecule has 0 N–H and O–H groups in total. The lowest BCUT2D eigenvalue weighted by molar-refractivity contribution is -0.122. The van der Waals surface area contributed by atoms with Crippen molar-refractivity contribution in [2.24, 2.45) is 5.92 Å². The van der Waals surface area contributed by atoms with Crippen LogP contribution in [0.15, 0.2) is 18.2 Å². The number of hydrogen-bond donors (Lipinski definition) is 0. The number of para-hydroxylation sites is 1. The average Bonchev–Trinajstić information content (AvgIpc) is 3.32. The largest absolute Gasteiger partial charge is 0.376 e. The maximum atomic E-state index is 13.1. The van der Waals surface area contributed by atoms with Crippen LogP contribution in [-0.2, 0) is 9.53 Å². The molecule has 1 saturated heterocycles. The highest BCUT2D eigenvalue weighted by Crippen LogP contribution is 2.35. The van der Waals surface area contributed by atoms with Gasteiger partial charge in [0.15, 0.2) is 5.13 Å². The summed E-state index contributed by atoms with van der Waals surface area (Å²) in [6.45, 7) is 1.40. The summed E-state index contributed by atoms with van der Waals surface area (Å²) in [6, 6.07) is 5.78. The Bertz CT molecular complexity index is 736. The van der Waals surface area contributed by atoms with E-state index < -0.39 is 0 Å². The number of rotatable bonds is 4. The molecule has 2 fully saturated rings. The molecular weight excluding hydrogens is 344 g/mol. The van der Waals surface area contributed by atoms with Crippen molar-refractivity contribution < 1.29 is 9.53 Å². The molecule has 1 aromatic heterocycles. The van der Waals surface area contributed by atoms with Gasteiger partial charge in [0, 0.05) is 12.5 Å². The number of amides is 1. The molecule has 2 heterocycles. The van der Waals surface area contributed by atoms with Gasteiger partial charge in [-0.25, -0.2) is 4.98 Å². The van der Waals surface area contributed by atoms with Crippen LogP contribution in [0.4, 0.5) is 5.13 Å². The van der Waals surface area contributed by atoms with E-state index in [1.165, 1.54) is 0 Å². The number of hydrogen-bond acceptors (Lipinski definition) is 4. The molecule has 4 nitrogen and oxygen atoms in total. The zero-order valence-electron chi connectivity index (χ0n) is 13.5. The molecular formula is C18H21ClN2O2S. The number of thiazole rings is 1. The third-order valence-corrected chi connectivity index (χ3v) is 6.32. The van der Waals surface area contributed by atoms with Crippen LogP contribution in [0.2, 0.25) is 5.02 Å². The summed E-state index contributed by atoms with van der Waals surface area (Å²) in [5, 5.41) is 1.39. The second-order valence-electron chi connectivity index (χ2n) is 6.65. The predicted octanol–water partition coefficient (Wildman–Crippen LogP) is 4.65. The maximum absolute atomic E-state index is 13.1. The molecule has 128 valence electrons. The maximum Gasteiger partial charge on any atom is 0.231 e. The van der Waals surface area contributed by atoms with E-state index >= 15 is 0 Å². The van der Waals surface area contributed by atoms with Crippen molar-refractivity contribution in [3.05, 3.63) is 23.2 Å². The molecule has 24 heavy (non-hydrogen) atoms. The number of carbonyl (C=O) groups excluding carboxylic acids is 1. The first kappa shape index (κ1) is 16.3. The van der Waals surface area contributed by atoms with Crippen molar-refractivity contribution in [2.45, 2.75) is 44.6 Å². The summed E-state index contributed by atoms with van der Waals surface area (Å²) in [5.41, 5.74) is 0.788. The van der Waals surface area contributed by atoms with E-state index in [4.69, 9.17) is 16.3 Å². The van der Waals surface area contributed by atoms with E-state index in [-0.39, 0.29) is 17.9 Å². The minimum atomic E-state index is 0.123. The Morgan fingerprint density at radius 2 is 2.12 bits per heavy atom. The molecule has 4 rings (SSSR count). The molecule has 1 aromatic carbocycles. The molecule has 1 aliphatic carbocycles. The first-order chi connectivity index (χ1) is 11.7. The quantitative estimate of drug-likeness (QED) is 0.792. The fourth-order valence-electron chi connectivity index (χ4n) is 3.67. The topological polar surface area (TPSA) is 42.4 Å². The summed E-state index contributed by atoms with van der Waals surface area (Å²) in [6.07, 6.45) is 6.49.